The van der Waals surface area contributed by atoms with Crippen molar-refractivity contribution >= 4 is 18.0 Å². The van der Waals surface area contributed by atoms with Gasteiger partial charge < -0.3 is 20.1 Å². The van der Waals surface area contributed by atoms with Crippen LogP contribution in [-0.4, -0.2) is 74.5 Å². The number of benzene rings is 1. The zero-order valence-corrected chi connectivity index (χ0v) is 22.3. The number of nitrogens with one attached hydrogen (secondary N) is 2. The highest BCUT2D eigenvalue weighted by Crippen LogP contribution is 2.22. The lowest BCUT2D eigenvalue weighted by Gasteiger charge is -2.35. The second-order valence-electron chi connectivity index (χ2n) is 9.46. The molecule has 1 aromatic rings. The molecule has 1 aliphatic heterocycles. The highest BCUT2D eigenvalue weighted by Gasteiger charge is 2.30. The van der Waals surface area contributed by atoms with Crippen LogP contribution in [0.25, 0.3) is 0 Å². The second-order valence-corrected chi connectivity index (χ2v) is 9.46. The summed E-state index contributed by atoms with van der Waals surface area (Å²) in [5.74, 6) is -0.564. The molecule has 36 heavy (non-hydrogen) atoms. The van der Waals surface area contributed by atoms with Crippen LogP contribution in [0.3, 0.4) is 0 Å². The van der Waals surface area contributed by atoms with Crippen molar-refractivity contribution in [2.24, 2.45) is 0 Å². The maximum Gasteiger partial charge on any atom is 0.338 e. The van der Waals surface area contributed by atoms with E-state index >= 15 is 0 Å². The molecule has 9 heteroatoms. The standard InChI is InChI=1S/C27H42FN3O5/c1-6-8-25(32)36-16-13-18(3)29-27(34)30-24-12-15-31(17-23(24)28)14-11-20-9-10-22(26(33)35-5)21(7-2)19(20)4/h9-10,18,23-24H,6-8,11-17H2,1-5H3,(H2,29,30,34). The number of hydrogen-bond donors (Lipinski definition) is 2. The van der Waals surface area contributed by atoms with Crippen LogP contribution in [0.1, 0.15) is 73.5 Å². The largest absolute Gasteiger partial charge is 0.466 e. The number of likely N-dealkylation sites (tertiary alicyclic amines) is 1. The van der Waals surface area contributed by atoms with Crippen molar-refractivity contribution in [3.8, 4) is 0 Å². The number of urea groups is 1. The molecule has 2 N–H and O–H groups in total. The number of rotatable bonds is 12. The summed E-state index contributed by atoms with van der Waals surface area (Å²) >= 11 is 0. The highest BCUT2D eigenvalue weighted by atomic mass is 19.1. The number of halogens is 1. The van der Waals surface area contributed by atoms with Crippen molar-refractivity contribution in [3.63, 3.8) is 0 Å². The van der Waals surface area contributed by atoms with Gasteiger partial charge in [-0.05, 0) is 62.3 Å². The first-order chi connectivity index (χ1) is 17.2. The second kappa shape index (κ2) is 14.8. The average molecular weight is 508 g/mol. The van der Waals surface area contributed by atoms with Gasteiger partial charge in [0.05, 0.1) is 25.3 Å². The van der Waals surface area contributed by atoms with Crippen LogP contribution in [0.4, 0.5) is 9.18 Å². The number of esters is 2. The van der Waals surface area contributed by atoms with Gasteiger partial charge in [-0.15, -0.1) is 0 Å². The predicted molar refractivity (Wildman–Crippen MR) is 137 cm³/mol. The maximum absolute atomic E-state index is 14.9. The summed E-state index contributed by atoms with van der Waals surface area (Å²) < 4.78 is 24.9. The zero-order valence-electron chi connectivity index (χ0n) is 22.3. The summed E-state index contributed by atoms with van der Waals surface area (Å²) in [4.78, 5) is 37.8. The maximum atomic E-state index is 14.9. The average Bonchev–Trinajstić information content (AvgIpc) is 2.84. The minimum Gasteiger partial charge on any atom is -0.466 e. The molecule has 1 aromatic carbocycles. The summed E-state index contributed by atoms with van der Waals surface area (Å²) in [6, 6.07) is 2.63. The lowest BCUT2D eigenvalue weighted by molar-refractivity contribution is -0.143. The van der Waals surface area contributed by atoms with Gasteiger partial charge in [0.25, 0.3) is 0 Å². The Kier molecular flexibility index (Phi) is 12.1. The molecule has 3 unspecified atom stereocenters. The molecule has 2 amide bonds. The lowest BCUT2D eigenvalue weighted by Crippen LogP contribution is -2.55. The van der Waals surface area contributed by atoms with E-state index in [1.54, 1.807) is 0 Å². The van der Waals surface area contributed by atoms with Crippen LogP contribution in [0, 0.1) is 6.92 Å². The molecular formula is C27H42FN3O5. The highest BCUT2D eigenvalue weighted by molar-refractivity contribution is 5.91. The van der Waals surface area contributed by atoms with E-state index in [9.17, 15) is 18.8 Å². The zero-order chi connectivity index (χ0) is 26.7. The SMILES string of the molecule is CCCC(=O)OCCC(C)NC(=O)NC1CCN(CCc2ccc(C(=O)OC)c(CC)c2C)CC1F. The minimum atomic E-state index is -1.16. The van der Waals surface area contributed by atoms with Crippen molar-refractivity contribution < 1.29 is 28.2 Å². The summed E-state index contributed by atoms with van der Waals surface area (Å²) in [6.45, 7) is 9.67. The molecule has 8 nitrogen and oxygen atoms in total. The van der Waals surface area contributed by atoms with Gasteiger partial charge in [-0.2, -0.15) is 0 Å². The molecule has 0 saturated carbocycles. The molecule has 2 rings (SSSR count). The third-order valence-electron chi connectivity index (χ3n) is 6.75. The molecular weight excluding hydrogens is 465 g/mol. The molecule has 0 aromatic heterocycles. The number of piperidine rings is 1. The molecule has 0 bridgehead atoms. The van der Waals surface area contributed by atoms with Gasteiger partial charge in [0.1, 0.15) is 6.17 Å². The lowest BCUT2D eigenvalue weighted by atomic mass is 9.93. The van der Waals surface area contributed by atoms with E-state index in [2.05, 4.69) is 15.5 Å². The van der Waals surface area contributed by atoms with Crippen LogP contribution in [0.15, 0.2) is 12.1 Å². The number of ether oxygens (including phenoxy) is 2. The van der Waals surface area contributed by atoms with E-state index in [4.69, 9.17) is 9.47 Å². The Morgan fingerprint density at radius 2 is 2.00 bits per heavy atom. The quantitative estimate of drug-likeness (QED) is 0.419. The molecule has 0 radical (unpaired) electrons. The fraction of sp³-hybridized carbons (Fsp3) is 0.667. The molecule has 1 aliphatic rings. The Morgan fingerprint density at radius 3 is 2.64 bits per heavy atom. The molecule has 1 saturated heterocycles. The normalized spacial score (nSPS) is 18.8. The molecule has 1 heterocycles. The van der Waals surface area contributed by atoms with Gasteiger partial charge in [-0.25, -0.2) is 14.0 Å². The van der Waals surface area contributed by atoms with Crippen molar-refractivity contribution in [2.45, 2.75) is 84.5 Å². The van der Waals surface area contributed by atoms with Crippen LogP contribution < -0.4 is 10.6 Å². The van der Waals surface area contributed by atoms with Gasteiger partial charge >= 0.3 is 18.0 Å². The van der Waals surface area contributed by atoms with Crippen LogP contribution >= 0.6 is 0 Å². The Balaban J connectivity index is 1.78. The molecule has 202 valence electrons. The summed E-state index contributed by atoms with van der Waals surface area (Å²) in [5.41, 5.74) is 3.82. The molecule has 0 aliphatic carbocycles. The van der Waals surface area contributed by atoms with Crippen molar-refractivity contribution in [2.75, 3.05) is 33.4 Å². The van der Waals surface area contributed by atoms with E-state index in [1.807, 2.05) is 39.8 Å². The van der Waals surface area contributed by atoms with Gasteiger partial charge in [0.15, 0.2) is 0 Å². The Labute approximate surface area is 214 Å². The van der Waals surface area contributed by atoms with Crippen molar-refractivity contribution in [3.05, 3.63) is 34.4 Å². The minimum absolute atomic E-state index is 0.195. The van der Waals surface area contributed by atoms with E-state index in [-0.39, 0.29) is 31.1 Å². The Morgan fingerprint density at radius 1 is 1.25 bits per heavy atom. The first-order valence-corrected chi connectivity index (χ1v) is 13.0. The smallest absolute Gasteiger partial charge is 0.338 e. The van der Waals surface area contributed by atoms with E-state index < -0.39 is 18.2 Å². The van der Waals surface area contributed by atoms with Crippen LogP contribution in [0.2, 0.25) is 0 Å². The summed E-state index contributed by atoms with van der Waals surface area (Å²) in [5, 5.41) is 5.55. The van der Waals surface area contributed by atoms with Gasteiger partial charge in [-0.3, -0.25) is 9.69 Å². The van der Waals surface area contributed by atoms with Crippen molar-refractivity contribution in [1.29, 1.82) is 0 Å². The van der Waals surface area contributed by atoms with E-state index in [0.29, 0.717) is 37.9 Å². The molecule has 1 fully saturated rings. The first kappa shape index (κ1) is 29.5. The molecule has 3 atom stereocenters. The van der Waals surface area contributed by atoms with Crippen molar-refractivity contribution in [1.82, 2.24) is 15.5 Å². The van der Waals surface area contributed by atoms with Crippen LogP contribution in [-0.2, 0) is 27.1 Å². The monoisotopic (exact) mass is 507 g/mol. The number of nitrogens with zero attached hydrogens (tertiary/aromatic N) is 1. The first-order valence-electron chi connectivity index (χ1n) is 13.0. The third kappa shape index (κ3) is 8.76. The third-order valence-corrected chi connectivity index (χ3v) is 6.75. The topological polar surface area (TPSA) is 97.0 Å². The number of carbonyl (C=O) groups is 3. The molecule has 0 spiro atoms. The Bertz CT molecular complexity index is 894. The number of amides is 2. The number of hydrogen-bond acceptors (Lipinski definition) is 6. The van der Waals surface area contributed by atoms with Gasteiger partial charge in [-0.1, -0.05) is 19.9 Å². The number of carbonyl (C=O) groups excluding carboxylic acids is 3. The number of alkyl halides is 1. The summed E-state index contributed by atoms with van der Waals surface area (Å²) in [6.07, 6.45) is 2.48. The van der Waals surface area contributed by atoms with Gasteiger partial charge in [0.2, 0.25) is 0 Å². The predicted octanol–water partition coefficient (Wildman–Crippen LogP) is 3.72. The van der Waals surface area contributed by atoms with Crippen LogP contribution in [0.5, 0.6) is 0 Å². The summed E-state index contributed by atoms with van der Waals surface area (Å²) in [7, 11) is 1.38. The number of methoxy groups -OCH3 is 1. The fourth-order valence-corrected chi connectivity index (χ4v) is 4.58. The fourth-order valence-electron chi connectivity index (χ4n) is 4.58. The Hall–Kier alpha value is -2.68. The van der Waals surface area contributed by atoms with E-state index in [0.717, 1.165) is 36.0 Å². The van der Waals surface area contributed by atoms with E-state index in [1.165, 1.54) is 7.11 Å². The van der Waals surface area contributed by atoms with Gasteiger partial charge in [0, 0.05) is 38.5 Å².